The third kappa shape index (κ3) is 3.78. The van der Waals surface area contributed by atoms with E-state index in [1.165, 1.54) is 24.3 Å². The van der Waals surface area contributed by atoms with Gasteiger partial charge in [-0.2, -0.15) is 18.2 Å². The van der Waals surface area contributed by atoms with Crippen LogP contribution in [-0.4, -0.2) is 29.0 Å². The van der Waals surface area contributed by atoms with Crippen molar-refractivity contribution in [3.05, 3.63) is 35.9 Å². The quantitative estimate of drug-likeness (QED) is 0.450. The van der Waals surface area contributed by atoms with E-state index in [1.54, 1.807) is 6.07 Å². The number of carbonyl (C=O) groups is 3. The van der Waals surface area contributed by atoms with E-state index in [-0.39, 0.29) is 10.6 Å². The molecular formula is C10H8F3N3O3. The number of hydrogen-bond donors (Lipinski definition) is 2. The summed E-state index contributed by atoms with van der Waals surface area (Å²) in [6.07, 6.45) is -5.24. The molecule has 0 aliphatic carbocycles. The summed E-state index contributed by atoms with van der Waals surface area (Å²) in [5.74, 6) is 1.48. The number of nitrogens with two attached hydrogens (primary N) is 1. The topological polar surface area (TPSA) is 92.5 Å². The van der Waals surface area contributed by atoms with E-state index in [2.05, 4.69) is 0 Å². The number of nitrogens with one attached hydrogen (secondary N) is 1. The molecular weight excluding hydrogens is 267 g/mol. The highest BCUT2D eigenvalue weighted by atomic mass is 19.4. The van der Waals surface area contributed by atoms with Crippen LogP contribution >= 0.6 is 0 Å². The van der Waals surface area contributed by atoms with Crippen molar-refractivity contribution in [1.29, 1.82) is 0 Å². The van der Waals surface area contributed by atoms with Gasteiger partial charge < -0.3 is 0 Å². The van der Waals surface area contributed by atoms with Crippen molar-refractivity contribution in [2.75, 3.05) is 0 Å². The van der Waals surface area contributed by atoms with Crippen LogP contribution in [-0.2, 0) is 4.79 Å². The van der Waals surface area contributed by atoms with Crippen molar-refractivity contribution in [3.8, 4) is 0 Å². The van der Waals surface area contributed by atoms with Gasteiger partial charge in [-0.1, -0.05) is 18.2 Å². The van der Waals surface area contributed by atoms with Crippen LogP contribution in [0.2, 0.25) is 0 Å². The van der Waals surface area contributed by atoms with Gasteiger partial charge in [-0.15, -0.1) is 0 Å². The van der Waals surface area contributed by atoms with Gasteiger partial charge in [0.2, 0.25) is 0 Å². The normalized spacial score (nSPS) is 10.7. The Kier molecular flexibility index (Phi) is 4.22. The summed E-state index contributed by atoms with van der Waals surface area (Å²) in [6, 6.07) is 5.48. The lowest BCUT2D eigenvalue weighted by molar-refractivity contribution is -0.172. The number of rotatable bonds is 1. The molecule has 0 aliphatic rings. The summed E-state index contributed by atoms with van der Waals surface area (Å²) in [6.45, 7) is 0. The van der Waals surface area contributed by atoms with E-state index >= 15 is 0 Å². The fraction of sp³-hybridized carbons (Fsp3) is 0.100. The highest BCUT2D eigenvalue weighted by molar-refractivity contribution is 6.08. The van der Waals surface area contributed by atoms with Crippen molar-refractivity contribution >= 4 is 17.8 Å². The van der Waals surface area contributed by atoms with Crippen molar-refractivity contribution < 1.29 is 27.6 Å². The molecule has 19 heavy (non-hydrogen) atoms. The first-order valence-electron chi connectivity index (χ1n) is 4.80. The maximum atomic E-state index is 11.9. The van der Waals surface area contributed by atoms with Crippen molar-refractivity contribution in [2.24, 2.45) is 5.84 Å². The number of hydrogen-bond acceptors (Lipinski definition) is 4. The summed E-state index contributed by atoms with van der Waals surface area (Å²) in [7, 11) is 0. The molecule has 1 rings (SSSR count). The Morgan fingerprint density at radius 1 is 1.11 bits per heavy atom. The first-order valence-corrected chi connectivity index (χ1v) is 4.80. The number of imide groups is 2. The van der Waals surface area contributed by atoms with Crippen LogP contribution in [0.15, 0.2) is 30.3 Å². The second-order valence-electron chi connectivity index (χ2n) is 3.30. The van der Waals surface area contributed by atoms with E-state index in [9.17, 15) is 27.6 Å². The monoisotopic (exact) mass is 275 g/mol. The lowest BCUT2D eigenvalue weighted by Gasteiger charge is -2.15. The molecule has 6 nitrogen and oxygen atoms in total. The Morgan fingerprint density at radius 2 is 1.63 bits per heavy atom. The van der Waals surface area contributed by atoms with E-state index < -0.39 is 24.0 Å². The molecule has 4 amide bonds. The largest absolute Gasteiger partial charge is 0.471 e. The molecule has 0 radical (unpaired) electrons. The predicted molar refractivity (Wildman–Crippen MR) is 56.4 cm³/mol. The average molecular weight is 275 g/mol. The van der Waals surface area contributed by atoms with E-state index in [1.807, 2.05) is 0 Å². The van der Waals surface area contributed by atoms with Gasteiger partial charge in [-0.3, -0.25) is 14.9 Å². The molecule has 1 aromatic rings. The maximum absolute atomic E-state index is 11.9. The van der Waals surface area contributed by atoms with Gasteiger partial charge in [-0.25, -0.2) is 10.6 Å². The number of nitrogens with zero attached hydrogens (tertiary/aromatic N) is 1. The second-order valence-corrected chi connectivity index (χ2v) is 3.30. The molecule has 3 N–H and O–H groups in total. The zero-order valence-electron chi connectivity index (χ0n) is 9.27. The van der Waals surface area contributed by atoms with Crippen LogP contribution in [0.3, 0.4) is 0 Å². The summed E-state index contributed by atoms with van der Waals surface area (Å²) < 4.78 is 35.7. The minimum absolute atomic E-state index is 0.0143. The van der Waals surface area contributed by atoms with Gasteiger partial charge >= 0.3 is 18.1 Å². The molecule has 0 fully saturated rings. The molecule has 9 heteroatoms. The van der Waals surface area contributed by atoms with Gasteiger partial charge in [0.1, 0.15) is 0 Å². The SMILES string of the molecule is NN(C(=O)NC(=O)C(F)(F)F)C(=O)c1ccccc1. The summed E-state index contributed by atoms with van der Waals surface area (Å²) >= 11 is 0. The van der Waals surface area contributed by atoms with E-state index in [0.29, 0.717) is 0 Å². The van der Waals surface area contributed by atoms with Gasteiger partial charge in [0, 0.05) is 5.56 Å². The maximum Gasteiger partial charge on any atom is 0.471 e. The Labute approximate surface area is 104 Å². The minimum atomic E-state index is -5.24. The lowest BCUT2D eigenvalue weighted by atomic mass is 10.2. The van der Waals surface area contributed by atoms with Crippen molar-refractivity contribution in [2.45, 2.75) is 6.18 Å². The summed E-state index contributed by atoms with van der Waals surface area (Å²) in [4.78, 5) is 33.2. The molecule has 0 atom stereocenters. The van der Waals surface area contributed by atoms with Gasteiger partial charge in [0.25, 0.3) is 5.91 Å². The lowest BCUT2D eigenvalue weighted by Crippen LogP contribution is -2.52. The van der Waals surface area contributed by atoms with Crippen LogP contribution in [0.5, 0.6) is 0 Å². The van der Waals surface area contributed by atoms with Gasteiger partial charge in [-0.05, 0) is 12.1 Å². The summed E-state index contributed by atoms with van der Waals surface area (Å²) in [5.41, 5.74) is -0.0143. The number of hydrazine groups is 1. The zero-order valence-corrected chi connectivity index (χ0v) is 9.27. The Bertz CT molecular complexity index is 502. The first kappa shape index (κ1) is 14.6. The van der Waals surface area contributed by atoms with Crippen molar-refractivity contribution in [1.82, 2.24) is 10.3 Å². The fourth-order valence-corrected chi connectivity index (χ4v) is 1.04. The summed E-state index contributed by atoms with van der Waals surface area (Å²) in [5, 5.41) is 0.835. The number of benzene rings is 1. The molecule has 102 valence electrons. The number of amides is 4. The minimum Gasteiger partial charge on any atom is -0.269 e. The van der Waals surface area contributed by atoms with Gasteiger partial charge in [0.15, 0.2) is 0 Å². The molecule has 0 saturated carbocycles. The smallest absolute Gasteiger partial charge is 0.269 e. The highest BCUT2D eigenvalue weighted by Gasteiger charge is 2.40. The first-order chi connectivity index (χ1) is 8.73. The number of urea groups is 1. The Balaban J connectivity index is 2.73. The molecule has 0 aromatic heterocycles. The molecule has 0 bridgehead atoms. The van der Waals surface area contributed by atoms with Gasteiger partial charge in [0.05, 0.1) is 0 Å². The van der Waals surface area contributed by atoms with Crippen LogP contribution < -0.4 is 11.2 Å². The van der Waals surface area contributed by atoms with Crippen molar-refractivity contribution in [3.63, 3.8) is 0 Å². The average Bonchev–Trinajstić information content (AvgIpc) is 2.36. The predicted octanol–water partition coefficient (Wildman–Crippen LogP) is 0.801. The molecule has 0 heterocycles. The molecule has 0 saturated heterocycles. The fourth-order valence-electron chi connectivity index (χ4n) is 1.04. The van der Waals surface area contributed by atoms with Crippen LogP contribution in [0, 0.1) is 0 Å². The third-order valence-electron chi connectivity index (χ3n) is 1.94. The molecule has 0 aliphatic heterocycles. The standard InChI is InChI=1S/C10H8F3N3O3/c11-10(12,13)8(18)15-9(19)16(14)7(17)6-4-2-1-3-5-6/h1-5H,14H2,(H,15,18,19). The number of halogens is 3. The molecule has 0 unspecified atom stereocenters. The highest BCUT2D eigenvalue weighted by Crippen LogP contribution is 2.14. The Hall–Kier alpha value is -2.42. The number of alkyl halides is 3. The van der Waals surface area contributed by atoms with E-state index in [4.69, 9.17) is 5.84 Å². The molecule has 1 aromatic carbocycles. The second kappa shape index (κ2) is 5.48. The Morgan fingerprint density at radius 3 is 2.11 bits per heavy atom. The third-order valence-corrected chi connectivity index (χ3v) is 1.94. The molecule has 0 spiro atoms. The van der Waals surface area contributed by atoms with Crippen LogP contribution in [0.4, 0.5) is 18.0 Å². The van der Waals surface area contributed by atoms with Crippen LogP contribution in [0.1, 0.15) is 10.4 Å². The van der Waals surface area contributed by atoms with E-state index in [0.717, 1.165) is 5.32 Å². The zero-order chi connectivity index (χ0) is 14.6. The number of carbonyl (C=O) groups excluding carboxylic acids is 3. The van der Waals surface area contributed by atoms with Crippen LogP contribution in [0.25, 0.3) is 0 Å².